The van der Waals surface area contributed by atoms with Gasteiger partial charge in [-0.15, -0.1) is 0 Å². The standard InChI is InChI=1S/C18H19N3O5/c1-2-3-14(22)16-13(6-7-15(23)24)21(18(26)17(16)25)10-4-5-11-12(8-10)20-9-19-11/h4-5,8-9,25-26H,2-3,6-7H2,1H3,(H,19,20)(H,23,24). The van der Waals surface area contributed by atoms with E-state index < -0.39 is 17.6 Å². The minimum absolute atomic E-state index is 0.00471. The molecule has 3 rings (SSSR count). The molecule has 8 heteroatoms. The number of carboxylic acid groups (broad SMARTS) is 1. The Labute approximate surface area is 148 Å². The van der Waals surface area contributed by atoms with E-state index in [-0.39, 0.29) is 36.3 Å². The fraction of sp³-hybridized carbons (Fsp3) is 0.278. The molecule has 0 atom stereocenters. The zero-order valence-corrected chi connectivity index (χ0v) is 14.2. The number of ketones is 1. The van der Waals surface area contributed by atoms with Crippen molar-refractivity contribution in [2.45, 2.75) is 32.6 Å². The van der Waals surface area contributed by atoms with Gasteiger partial charge in [0.05, 0.1) is 35.0 Å². The lowest BCUT2D eigenvalue weighted by Gasteiger charge is -2.11. The minimum atomic E-state index is -1.03. The van der Waals surface area contributed by atoms with Crippen LogP contribution in [-0.2, 0) is 11.2 Å². The zero-order chi connectivity index (χ0) is 18.8. The largest absolute Gasteiger partial charge is 0.503 e. The second kappa shape index (κ2) is 6.91. The minimum Gasteiger partial charge on any atom is -0.503 e. The summed E-state index contributed by atoms with van der Waals surface area (Å²) in [6.07, 6.45) is 2.05. The van der Waals surface area contributed by atoms with Crippen LogP contribution in [0.1, 0.15) is 42.2 Å². The number of carbonyl (C=O) groups is 2. The van der Waals surface area contributed by atoms with Crippen molar-refractivity contribution in [3.8, 4) is 17.3 Å². The van der Waals surface area contributed by atoms with Crippen LogP contribution in [0.25, 0.3) is 16.7 Å². The molecule has 0 fully saturated rings. The maximum Gasteiger partial charge on any atom is 0.303 e. The summed E-state index contributed by atoms with van der Waals surface area (Å²) in [6, 6.07) is 5.12. The van der Waals surface area contributed by atoms with Gasteiger partial charge in [-0.3, -0.25) is 14.2 Å². The Morgan fingerprint density at radius 1 is 1.23 bits per heavy atom. The topological polar surface area (TPSA) is 128 Å². The van der Waals surface area contributed by atoms with E-state index >= 15 is 0 Å². The molecule has 0 saturated carbocycles. The summed E-state index contributed by atoms with van der Waals surface area (Å²) >= 11 is 0. The summed E-state index contributed by atoms with van der Waals surface area (Å²) in [4.78, 5) is 30.6. The monoisotopic (exact) mass is 357 g/mol. The van der Waals surface area contributed by atoms with Crippen LogP contribution in [0.4, 0.5) is 0 Å². The third-order valence-electron chi connectivity index (χ3n) is 4.21. The van der Waals surface area contributed by atoms with Gasteiger partial charge in [-0.1, -0.05) is 6.92 Å². The smallest absolute Gasteiger partial charge is 0.303 e. The van der Waals surface area contributed by atoms with Gasteiger partial charge in [-0.05, 0) is 31.0 Å². The van der Waals surface area contributed by atoms with Gasteiger partial charge in [0.1, 0.15) is 0 Å². The Bertz CT molecular complexity index is 986. The molecule has 0 aliphatic heterocycles. The highest BCUT2D eigenvalue weighted by Crippen LogP contribution is 2.39. The highest BCUT2D eigenvalue weighted by molar-refractivity contribution is 6.01. The van der Waals surface area contributed by atoms with Crippen LogP contribution in [0, 0.1) is 0 Å². The summed E-state index contributed by atoms with van der Waals surface area (Å²) in [7, 11) is 0. The number of aromatic hydroxyl groups is 2. The van der Waals surface area contributed by atoms with Crippen LogP contribution in [0.2, 0.25) is 0 Å². The van der Waals surface area contributed by atoms with E-state index in [0.717, 1.165) is 5.52 Å². The van der Waals surface area contributed by atoms with Crippen molar-refractivity contribution >= 4 is 22.8 Å². The average Bonchev–Trinajstić information content (AvgIpc) is 3.15. The van der Waals surface area contributed by atoms with E-state index in [9.17, 15) is 19.8 Å². The van der Waals surface area contributed by atoms with Crippen molar-refractivity contribution < 1.29 is 24.9 Å². The van der Waals surface area contributed by atoms with E-state index in [4.69, 9.17) is 5.11 Å². The Morgan fingerprint density at radius 2 is 2.00 bits per heavy atom. The molecule has 0 aliphatic carbocycles. The average molecular weight is 357 g/mol. The van der Waals surface area contributed by atoms with E-state index in [2.05, 4.69) is 9.97 Å². The molecule has 8 nitrogen and oxygen atoms in total. The van der Waals surface area contributed by atoms with Gasteiger partial charge in [0, 0.05) is 12.1 Å². The predicted octanol–water partition coefficient (Wildman–Crippen LogP) is 2.76. The highest BCUT2D eigenvalue weighted by Gasteiger charge is 2.27. The van der Waals surface area contributed by atoms with E-state index in [1.165, 1.54) is 10.9 Å². The quantitative estimate of drug-likeness (QED) is 0.481. The van der Waals surface area contributed by atoms with Gasteiger partial charge in [0.2, 0.25) is 5.88 Å². The lowest BCUT2D eigenvalue weighted by Crippen LogP contribution is -2.09. The number of H-pyrrole nitrogens is 1. The van der Waals surface area contributed by atoms with Crippen molar-refractivity contribution in [1.29, 1.82) is 0 Å². The van der Waals surface area contributed by atoms with Crippen molar-refractivity contribution in [2.75, 3.05) is 0 Å². The molecule has 0 amide bonds. The highest BCUT2D eigenvalue weighted by atomic mass is 16.4. The maximum atomic E-state index is 12.5. The number of benzene rings is 1. The van der Waals surface area contributed by atoms with Crippen LogP contribution in [0.3, 0.4) is 0 Å². The molecule has 0 bridgehead atoms. The number of carboxylic acids is 1. The first kappa shape index (κ1) is 17.5. The number of carbonyl (C=O) groups excluding carboxylic acids is 1. The molecular formula is C18H19N3O5. The number of aromatic amines is 1. The molecule has 0 saturated heterocycles. The molecule has 2 aromatic heterocycles. The van der Waals surface area contributed by atoms with E-state index in [0.29, 0.717) is 17.6 Å². The Balaban J connectivity index is 2.20. The number of rotatable bonds is 7. The molecule has 0 radical (unpaired) electrons. The number of fused-ring (bicyclic) bond motifs is 1. The zero-order valence-electron chi connectivity index (χ0n) is 14.2. The number of imidazole rings is 1. The van der Waals surface area contributed by atoms with Crippen LogP contribution in [0.15, 0.2) is 24.5 Å². The molecule has 0 spiro atoms. The Hall–Kier alpha value is -3.29. The van der Waals surface area contributed by atoms with E-state index in [1.54, 1.807) is 18.2 Å². The number of hydrogen-bond donors (Lipinski definition) is 4. The van der Waals surface area contributed by atoms with Gasteiger partial charge in [-0.2, -0.15) is 0 Å². The SMILES string of the molecule is CCCC(=O)c1c(O)c(O)n(-c2ccc3nc[nH]c3c2)c1CCC(=O)O. The van der Waals surface area contributed by atoms with Crippen LogP contribution in [-0.4, -0.2) is 41.6 Å². The van der Waals surface area contributed by atoms with Gasteiger partial charge in [0.25, 0.3) is 0 Å². The Morgan fingerprint density at radius 3 is 2.69 bits per heavy atom. The summed E-state index contributed by atoms with van der Waals surface area (Å²) in [5.74, 6) is -2.37. The number of Topliss-reactive ketones (excluding diaryl/α,β-unsaturated/α-hetero) is 1. The van der Waals surface area contributed by atoms with Crippen molar-refractivity contribution in [3.05, 3.63) is 35.8 Å². The summed E-state index contributed by atoms with van der Waals surface area (Å²) < 4.78 is 1.32. The van der Waals surface area contributed by atoms with E-state index in [1.807, 2.05) is 6.92 Å². The molecule has 3 aromatic rings. The lowest BCUT2D eigenvalue weighted by molar-refractivity contribution is -0.137. The molecule has 136 valence electrons. The second-order valence-corrected chi connectivity index (χ2v) is 6.00. The normalized spacial score (nSPS) is 11.1. The number of nitrogens with zero attached hydrogens (tertiary/aromatic N) is 2. The van der Waals surface area contributed by atoms with Gasteiger partial charge >= 0.3 is 5.97 Å². The third-order valence-corrected chi connectivity index (χ3v) is 4.21. The van der Waals surface area contributed by atoms with Crippen molar-refractivity contribution in [2.24, 2.45) is 0 Å². The van der Waals surface area contributed by atoms with Crippen molar-refractivity contribution in [3.63, 3.8) is 0 Å². The molecule has 4 N–H and O–H groups in total. The molecular weight excluding hydrogens is 338 g/mol. The molecule has 26 heavy (non-hydrogen) atoms. The fourth-order valence-corrected chi connectivity index (χ4v) is 3.04. The van der Waals surface area contributed by atoms with Crippen LogP contribution < -0.4 is 0 Å². The fourth-order valence-electron chi connectivity index (χ4n) is 3.04. The first-order chi connectivity index (χ1) is 12.4. The number of aliphatic carboxylic acids is 1. The maximum absolute atomic E-state index is 12.5. The lowest BCUT2D eigenvalue weighted by atomic mass is 10.0. The van der Waals surface area contributed by atoms with Crippen LogP contribution in [0.5, 0.6) is 11.6 Å². The Kier molecular flexibility index (Phi) is 4.66. The van der Waals surface area contributed by atoms with Crippen molar-refractivity contribution in [1.82, 2.24) is 14.5 Å². The first-order valence-corrected chi connectivity index (χ1v) is 8.28. The van der Waals surface area contributed by atoms with Crippen LogP contribution >= 0.6 is 0 Å². The number of aromatic nitrogens is 3. The van der Waals surface area contributed by atoms with Gasteiger partial charge < -0.3 is 20.3 Å². The molecule has 2 heterocycles. The molecule has 0 unspecified atom stereocenters. The number of nitrogens with one attached hydrogen (secondary N) is 1. The first-order valence-electron chi connectivity index (χ1n) is 8.28. The van der Waals surface area contributed by atoms with Gasteiger partial charge in [0.15, 0.2) is 11.5 Å². The summed E-state index contributed by atoms with van der Waals surface area (Å²) in [5.41, 5.74) is 2.18. The number of hydrogen-bond acceptors (Lipinski definition) is 5. The third kappa shape index (κ3) is 3.01. The summed E-state index contributed by atoms with van der Waals surface area (Å²) in [6.45, 7) is 1.83. The molecule has 1 aromatic carbocycles. The second-order valence-electron chi connectivity index (χ2n) is 6.00. The summed E-state index contributed by atoms with van der Waals surface area (Å²) in [5, 5.41) is 29.8. The molecule has 0 aliphatic rings. The predicted molar refractivity (Wildman–Crippen MR) is 93.9 cm³/mol. The van der Waals surface area contributed by atoms with Gasteiger partial charge in [-0.25, -0.2) is 4.98 Å².